The number of anilines is 1. The van der Waals surface area contributed by atoms with E-state index in [1.54, 1.807) is 36.4 Å². The van der Waals surface area contributed by atoms with Crippen LogP contribution in [0.5, 0.6) is 17.2 Å². The van der Waals surface area contributed by atoms with Gasteiger partial charge in [-0.3, -0.25) is 4.79 Å². The van der Waals surface area contributed by atoms with E-state index < -0.39 is 18.0 Å². The molecule has 0 fully saturated rings. The van der Waals surface area contributed by atoms with E-state index >= 15 is 0 Å². The van der Waals surface area contributed by atoms with Gasteiger partial charge >= 0.3 is 5.97 Å². The second-order valence-corrected chi connectivity index (χ2v) is 5.79. The summed E-state index contributed by atoms with van der Waals surface area (Å²) >= 11 is 0. The molecule has 0 spiro atoms. The van der Waals surface area contributed by atoms with Crippen LogP contribution in [0.1, 0.15) is 22.8 Å². The Morgan fingerprint density at radius 1 is 1.12 bits per heavy atom. The molecule has 136 valence electrons. The van der Waals surface area contributed by atoms with E-state index in [1.807, 2.05) is 6.92 Å². The third-order valence-corrected chi connectivity index (χ3v) is 3.94. The fourth-order valence-corrected chi connectivity index (χ4v) is 2.45. The first-order chi connectivity index (χ1) is 12.5. The number of aryl methyl sites for hydroxylation is 1. The van der Waals surface area contributed by atoms with Gasteiger partial charge in [0.2, 0.25) is 6.79 Å². The summed E-state index contributed by atoms with van der Waals surface area (Å²) in [5.74, 6) is 0.708. The normalized spacial score (nSPS) is 13.0. The van der Waals surface area contributed by atoms with Crippen molar-refractivity contribution in [3.8, 4) is 17.2 Å². The van der Waals surface area contributed by atoms with Crippen molar-refractivity contribution in [3.63, 3.8) is 0 Å². The number of hydrogen-bond donors (Lipinski definition) is 1. The molecule has 0 bridgehead atoms. The molecule has 0 radical (unpaired) electrons. The predicted octanol–water partition coefficient (Wildman–Crippen LogP) is 2.92. The van der Waals surface area contributed by atoms with Gasteiger partial charge in [-0.2, -0.15) is 0 Å². The molecule has 1 aliphatic rings. The average Bonchev–Trinajstić information content (AvgIpc) is 3.09. The van der Waals surface area contributed by atoms with Crippen LogP contribution >= 0.6 is 0 Å². The van der Waals surface area contributed by atoms with Gasteiger partial charge in [-0.15, -0.1) is 0 Å². The van der Waals surface area contributed by atoms with Crippen LogP contribution in [0.4, 0.5) is 5.69 Å². The molecule has 0 aliphatic carbocycles. The highest BCUT2D eigenvalue weighted by atomic mass is 16.7. The lowest BCUT2D eigenvalue weighted by atomic mass is 10.1. The number of carbonyl (C=O) groups is 2. The van der Waals surface area contributed by atoms with Gasteiger partial charge in [0, 0.05) is 11.8 Å². The second-order valence-electron chi connectivity index (χ2n) is 5.79. The molecule has 3 rings (SSSR count). The van der Waals surface area contributed by atoms with Crippen LogP contribution in [0.2, 0.25) is 0 Å². The molecule has 26 heavy (non-hydrogen) atoms. The van der Waals surface area contributed by atoms with Crippen molar-refractivity contribution in [1.29, 1.82) is 0 Å². The van der Waals surface area contributed by atoms with Crippen molar-refractivity contribution in [1.82, 2.24) is 0 Å². The third kappa shape index (κ3) is 3.72. The monoisotopic (exact) mass is 357 g/mol. The Bertz CT molecular complexity index is 848. The van der Waals surface area contributed by atoms with Gasteiger partial charge in [0.05, 0.1) is 12.7 Å². The smallest absolute Gasteiger partial charge is 0.339 e. The first-order valence-corrected chi connectivity index (χ1v) is 8.04. The van der Waals surface area contributed by atoms with Gasteiger partial charge < -0.3 is 24.3 Å². The van der Waals surface area contributed by atoms with Gasteiger partial charge in [-0.25, -0.2) is 4.79 Å². The predicted molar refractivity (Wildman–Crippen MR) is 93.8 cm³/mol. The van der Waals surface area contributed by atoms with Crippen molar-refractivity contribution < 1.29 is 28.5 Å². The standard InChI is InChI=1S/C19H19NO6/c1-11-4-5-13(8-16(11)23-3)19(22)26-12(2)18(21)20-14-6-7-15-17(9-14)25-10-24-15/h4-9,12H,10H2,1-3H3,(H,20,21). The minimum atomic E-state index is -0.972. The lowest BCUT2D eigenvalue weighted by Gasteiger charge is -2.14. The Morgan fingerprint density at radius 2 is 1.88 bits per heavy atom. The molecule has 2 aromatic carbocycles. The number of fused-ring (bicyclic) bond motifs is 1. The molecule has 0 saturated carbocycles. The van der Waals surface area contributed by atoms with Crippen molar-refractivity contribution >= 4 is 17.6 Å². The van der Waals surface area contributed by atoms with Crippen LogP contribution in [-0.2, 0) is 9.53 Å². The molecule has 1 aliphatic heterocycles. The molecule has 1 heterocycles. The number of amides is 1. The number of ether oxygens (including phenoxy) is 4. The van der Waals surface area contributed by atoms with Gasteiger partial charge in [0.15, 0.2) is 17.6 Å². The Balaban J connectivity index is 1.62. The molecule has 1 N–H and O–H groups in total. The summed E-state index contributed by atoms with van der Waals surface area (Å²) < 4.78 is 20.9. The van der Waals surface area contributed by atoms with E-state index in [4.69, 9.17) is 18.9 Å². The van der Waals surface area contributed by atoms with E-state index in [0.29, 0.717) is 28.5 Å². The quantitative estimate of drug-likeness (QED) is 0.829. The largest absolute Gasteiger partial charge is 0.496 e. The zero-order valence-electron chi connectivity index (χ0n) is 14.7. The molecule has 0 aromatic heterocycles. The van der Waals surface area contributed by atoms with Crippen molar-refractivity contribution in [2.45, 2.75) is 20.0 Å². The minimum absolute atomic E-state index is 0.154. The molecule has 1 unspecified atom stereocenters. The maximum atomic E-state index is 12.3. The molecule has 1 atom stereocenters. The fraction of sp³-hybridized carbons (Fsp3) is 0.263. The highest BCUT2D eigenvalue weighted by Gasteiger charge is 2.21. The fourth-order valence-electron chi connectivity index (χ4n) is 2.45. The van der Waals surface area contributed by atoms with Crippen molar-refractivity contribution in [2.24, 2.45) is 0 Å². The van der Waals surface area contributed by atoms with Crippen LogP contribution in [0.3, 0.4) is 0 Å². The number of carbonyl (C=O) groups excluding carboxylic acids is 2. The van der Waals surface area contributed by atoms with Crippen LogP contribution in [0.25, 0.3) is 0 Å². The van der Waals surface area contributed by atoms with E-state index in [1.165, 1.54) is 14.0 Å². The molecular formula is C19H19NO6. The SMILES string of the molecule is COc1cc(C(=O)OC(C)C(=O)Nc2ccc3c(c2)OCO3)ccc1C. The maximum Gasteiger partial charge on any atom is 0.339 e. The summed E-state index contributed by atoms with van der Waals surface area (Å²) in [7, 11) is 1.53. The second kappa shape index (κ2) is 7.35. The lowest BCUT2D eigenvalue weighted by molar-refractivity contribution is -0.123. The van der Waals surface area contributed by atoms with Crippen LogP contribution in [0, 0.1) is 6.92 Å². The molecule has 0 saturated heterocycles. The van der Waals surface area contributed by atoms with Crippen LogP contribution in [-0.4, -0.2) is 31.9 Å². The van der Waals surface area contributed by atoms with E-state index in [9.17, 15) is 9.59 Å². The third-order valence-electron chi connectivity index (χ3n) is 3.94. The molecular weight excluding hydrogens is 338 g/mol. The van der Waals surface area contributed by atoms with Crippen LogP contribution < -0.4 is 19.5 Å². The first kappa shape index (κ1) is 17.6. The Morgan fingerprint density at radius 3 is 2.65 bits per heavy atom. The number of esters is 1. The highest BCUT2D eigenvalue weighted by Crippen LogP contribution is 2.34. The maximum absolute atomic E-state index is 12.3. The molecule has 7 nitrogen and oxygen atoms in total. The number of benzene rings is 2. The summed E-state index contributed by atoms with van der Waals surface area (Å²) in [5, 5.41) is 2.68. The number of nitrogens with one attached hydrogen (secondary N) is 1. The van der Waals surface area contributed by atoms with Gasteiger partial charge in [-0.05, 0) is 43.7 Å². The zero-order chi connectivity index (χ0) is 18.7. The van der Waals surface area contributed by atoms with E-state index in [-0.39, 0.29) is 6.79 Å². The van der Waals surface area contributed by atoms with E-state index in [2.05, 4.69) is 5.32 Å². The molecule has 2 aromatic rings. The van der Waals surface area contributed by atoms with Gasteiger partial charge in [0.25, 0.3) is 5.91 Å². The summed E-state index contributed by atoms with van der Waals surface area (Å²) in [4.78, 5) is 24.5. The van der Waals surface area contributed by atoms with Gasteiger partial charge in [0.1, 0.15) is 5.75 Å². The van der Waals surface area contributed by atoms with Gasteiger partial charge in [-0.1, -0.05) is 6.07 Å². The lowest BCUT2D eigenvalue weighted by Crippen LogP contribution is -2.30. The number of rotatable bonds is 5. The number of hydrogen-bond acceptors (Lipinski definition) is 6. The average molecular weight is 357 g/mol. The first-order valence-electron chi connectivity index (χ1n) is 8.04. The zero-order valence-corrected chi connectivity index (χ0v) is 14.7. The van der Waals surface area contributed by atoms with Crippen molar-refractivity contribution in [2.75, 3.05) is 19.2 Å². The summed E-state index contributed by atoms with van der Waals surface area (Å²) in [6, 6.07) is 10.0. The van der Waals surface area contributed by atoms with Crippen LogP contribution in [0.15, 0.2) is 36.4 Å². The molecule has 7 heteroatoms. The Hall–Kier alpha value is -3.22. The van der Waals surface area contributed by atoms with Crippen molar-refractivity contribution in [3.05, 3.63) is 47.5 Å². The highest BCUT2D eigenvalue weighted by molar-refractivity contribution is 5.97. The topological polar surface area (TPSA) is 83.1 Å². The Kier molecular flexibility index (Phi) is 4.97. The minimum Gasteiger partial charge on any atom is -0.496 e. The van der Waals surface area contributed by atoms with E-state index in [0.717, 1.165) is 5.56 Å². The summed E-state index contributed by atoms with van der Waals surface area (Å²) in [5.41, 5.74) is 1.74. The Labute approximate surface area is 150 Å². The summed E-state index contributed by atoms with van der Waals surface area (Å²) in [6.07, 6.45) is -0.972. The molecule has 1 amide bonds. The number of methoxy groups -OCH3 is 1. The summed E-state index contributed by atoms with van der Waals surface area (Å²) in [6.45, 7) is 3.53.